The van der Waals surface area contributed by atoms with E-state index in [1.807, 2.05) is 38.2 Å². The summed E-state index contributed by atoms with van der Waals surface area (Å²) in [6.45, 7) is 11.5. The van der Waals surface area contributed by atoms with Gasteiger partial charge in [-0.15, -0.1) is 0 Å². The summed E-state index contributed by atoms with van der Waals surface area (Å²) < 4.78 is 12.1. The average molecular weight is 386 g/mol. The van der Waals surface area contributed by atoms with Crippen LogP contribution in [0.3, 0.4) is 0 Å². The van der Waals surface area contributed by atoms with Crippen molar-refractivity contribution in [1.29, 1.82) is 0 Å². The molecule has 1 unspecified atom stereocenters. The first-order valence-electron chi connectivity index (χ1n) is 8.02. The largest absolute Gasteiger partial charge is 0.471 e. The van der Waals surface area contributed by atoms with Crippen molar-refractivity contribution in [3.05, 3.63) is 16.2 Å². The lowest BCUT2D eigenvalue weighted by molar-refractivity contribution is 0.0563. The summed E-state index contributed by atoms with van der Waals surface area (Å²) in [6.07, 6.45) is 2.78. The smallest absolute Gasteiger partial charge is 0.228 e. The van der Waals surface area contributed by atoms with Gasteiger partial charge in [0.25, 0.3) is 0 Å². The SMILES string of the molecule is CCCOCC(C)Oc1nc(C)c(N=CN(C)C(C)C)cc1Br. The van der Waals surface area contributed by atoms with Crippen molar-refractivity contribution in [3.63, 3.8) is 0 Å². The molecule has 1 heterocycles. The van der Waals surface area contributed by atoms with Gasteiger partial charge in [-0.05, 0) is 56.1 Å². The number of aliphatic imine (C=N–C) groups is 1. The fourth-order valence-corrected chi connectivity index (χ4v) is 2.07. The normalized spacial score (nSPS) is 12.9. The van der Waals surface area contributed by atoms with E-state index in [1.165, 1.54) is 0 Å². The second kappa shape index (κ2) is 9.88. The van der Waals surface area contributed by atoms with Gasteiger partial charge < -0.3 is 14.4 Å². The second-order valence-corrected chi connectivity index (χ2v) is 6.74. The second-order valence-electron chi connectivity index (χ2n) is 5.89. The Morgan fingerprint density at radius 1 is 1.39 bits per heavy atom. The first-order chi connectivity index (χ1) is 10.8. The zero-order chi connectivity index (χ0) is 17.4. The van der Waals surface area contributed by atoms with Crippen LogP contribution in [0.15, 0.2) is 15.5 Å². The number of hydrogen-bond donors (Lipinski definition) is 0. The first-order valence-corrected chi connectivity index (χ1v) is 8.82. The number of rotatable bonds is 9. The van der Waals surface area contributed by atoms with Crippen LogP contribution < -0.4 is 4.74 Å². The fraction of sp³-hybridized carbons (Fsp3) is 0.647. The van der Waals surface area contributed by atoms with Crippen LogP contribution in [-0.4, -0.2) is 48.6 Å². The lowest BCUT2D eigenvalue weighted by Crippen LogP contribution is -2.24. The first kappa shape index (κ1) is 19.9. The maximum absolute atomic E-state index is 5.85. The molecule has 1 atom stereocenters. The molecular weight excluding hydrogens is 358 g/mol. The molecule has 23 heavy (non-hydrogen) atoms. The Morgan fingerprint density at radius 3 is 2.70 bits per heavy atom. The van der Waals surface area contributed by atoms with E-state index >= 15 is 0 Å². The molecule has 0 saturated carbocycles. The Bertz CT molecular complexity index is 521. The summed E-state index contributed by atoms with van der Waals surface area (Å²) in [6, 6.07) is 2.34. The highest BCUT2D eigenvalue weighted by Crippen LogP contribution is 2.30. The molecule has 0 fully saturated rings. The van der Waals surface area contributed by atoms with E-state index in [-0.39, 0.29) is 6.10 Å². The molecule has 0 aromatic carbocycles. The third kappa shape index (κ3) is 6.87. The molecule has 1 rings (SSSR count). The Hall–Kier alpha value is -1.14. The molecule has 130 valence electrons. The van der Waals surface area contributed by atoms with Gasteiger partial charge in [0, 0.05) is 19.7 Å². The van der Waals surface area contributed by atoms with Gasteiger partial charge in [0.1, 0.15) is 6.10 Å². The summed E-state index contributed by atoms with van der Waals surface area (Å²) in [5.74, 6) is 0.575. The van der Waals surface area contributed by atoms with Crippen LogP contribution in [0.1, 0.15) is 39.8 Å². The summed E-state index contributed by atoms with van der Waals surface area (Å²) in [5.41, 5.74) is 1.66. The van der Waals surface area contributed by atoms with Crippen LogP contribution >= 0.6 is 15.9 Å². The monoisotopic (exact) mass is 385 g/mol. The highest BCUT2D eigenvalue weighted by molar-refractivity contribution is 9.10. The number of aromatic nitrogens is 1. The van der Waals surface area contributed by atoms with E-state index in [4.69, 9.17) is 9.47 Å². The molecule has 0 saturated heterocycles. The Labute approximate surface area is 148 Å². The van der Waals surface area contributed by atoms with Crippen LogP contribution in [0, 0.1) is 6.92 Å². The highest BCUT2D eigenvalue weighted by Gasteiger charge is 2.12. The van der Waals surface area contributed by atoms with Crippen LogP contribution in [0.5, 0.6) is 5.88 Å². The van der Waals surface area contributed by atoms with E-state index < -0.39 is 0 Å². The van der Waals surface area contributed by atoms with Crippen LogP contribution in [0.2, 0.25) is 0 Å². The zero-order valence-corrected chi connectivity index (χ0v) is 16.6. The third-order valence-corrected chi connectivity index (χ3v) is 3.88. The van der Waals surface area contributed by atoms with E-state index in [1.54, 1.807) is 0 Å². The molecule has 0 aliphatic carbocycles. The molecule has 0 aliphatic rings. The minimum atomic E-state index is -0.0498. The summed E-state index contributed by atoms with van der Waals surface area (Å²) in [5, 5.41) is 0. The van der Waals surface area contributed by atoms with Gasteiger partial charge in [0.15, 0.2) is 0 Å². The molecule has 6 heteroatoms. The van der Waals surface area contributed by atoms with E-state index in [2.05, 4.69) is 46.7 Å². The predicted octanol–water partition coefficient (Wildman–Crippen LogP) is 4.35. The topological polar surface area (TPSA) is 47.0 Å². The Morgan fingerprint density at radius 2 is 2.09 bits per heavy atom. The number of pyridine rings is 1. The minimum Gasteiger partial charge on any atom is -0.471 e. The van der Waals surface area contributed by atoms with Gasteiger partial charge in [0.05, 0.1) is 28.8 Å². The molecule has 0 N–H and O–H groups in total. The van der Waals surface area contributed by atoms with Crippen molar-refractivity contribution >= 4 is 28.0 Å². The number of aryl methyl sites for hydroxylation is 1. The van der Waals surface area contributed by atoms with Gasteiger partial charge in [-0.1, -0.05) is 6.92 Å². The molecule has 1 aromatic heterocycles. The molecule has 0 aliphatic heterocycles. The molecule has 0 radical (unpaired) electrons. The zero-order valence-electron chi connectivity index (χ0n) is 15.0. The van der Waals surface area contributed by atoms with E-state index in [0.717, 1.165) is 28.9 Å². The number of halogens is 1. The maximum atomic E-state index is 5.85. The van der Waals surface area contributed by atoms with Gasteiger partial charge >= 0.3 is 0 Å². The molecule has 0 spiro atoms. The van der Waals surface area contributed by atoms with E-state index in [0.29, 0.717) is 18.5 Å². The quantitative estimate of drug-likeness (QED) is 0.360. The molecule has 1 aromatic rings. The van der Waals surface area contributed by atoms with E-state index in [9.17, 15) is 0 Å². The third-order valence-electron chi connectivity index (χ3n) is 3.32. The summed E-state index contributed by atoms with van der Waals surface area (Å²) in [7, 11) is 2.00. The lowest BCUT2D eigenvalue weighted by atomic mass is 10.3. The highest BCUT2D eigenvalue weighted by atomic mass is 79.9. The van der Waals surface area contributed by atoms with Gasteiger partial charge in [-0.2, -0.15) is 0 Å². The molecule has 0 bridgehead atoms. The summed E-state index contributed by atoms with van der Waals surface area (Å²) in [4.78, 5) is 11.1. The number of nitrogens with zero attached hydrogens (tertiary/aromatic N) is 3. The average Bonchev–Trinajstić information content (AvgIpc) is 2.49. The van der Waals surface area contributed by atoms with Crippen molar-refractivity contribution in [2.45, 2.75) is 53.2 Å². The maximum Gasteiger partial charge on any atom is 0.228 e. The molecule has 5 nitrogen and oxygen atoms in total. The van der Waals surface area contributed by atoms with Crippen LogP contribution in [0.25, 0.3) is 0 Å². The fourth-order valence-electron chi connectivity index (χ4n) is 1.67. The number of ether oxygens (including phenoxy) is 2. The minimum absolute atomic E-state index is 0.0498. The molecular formula is C17H28BrN3O2. The van der Waals surface area contributed by atoms with Crippen molar-refractivity contribution in [1.82, 2.24) is 9.88 Å². The van der Waals surface area contributed by atoms with Crippen molar-refractivity contribution < 1.29 is 9.47 Å². The standard InChI is InChI=1S/C17H28BrN3O2/c1-7-8-22-10-13(4)23-17-15(18)9-16(14(5)20-17)19-11-21(6)12(2)3/h9,11-13H,7-8,10H2,1-6H3. The van der Waals surface area contributed by atoms with Gasteiger partial charge in [-0.3, -0.25) is 0 Å². The Kier molecular flexibility index (Phi) is 8.55. The lowest BCUT2D eigenvalue weighted by Gasteiger charge is -2.18. The van der Waals surface area contributed by atoms with Crippen molar-refractivity contribution in [3.8, 4) is 5.88 Å². The predicted molar refractivity (Wildman–Crippen MR) is 98.9 cm³/mol. The summed E-state index contributed by atoms with van der Waals surface area (Å²) >= 11 is 3.51. The van der Waals surface area contributed by atoms with Gasteiger partial charge in [-0.25, -0.2) is 9.98 Å². The van der Waals surface area contributed by atoms with Crippen LogP contribution in [0.4, 0.5) is 5.69 Å². The molecule has 0 amide bonds. The van der Waals surface area contributed by atoms with Crippen LogP contribution in [-0.2, 0) is 4.74 Å². The van der Waals surface area contributed by atoms with Crippen molar-refractivity contribution in [2.24, 2.45) is 4.99 Å². The van der Waals surface area contributed by atoms with Gasteiger partial charge in [0.2, 0.25) is 5.88 Å². The number of hydrogen-bond acceptors (Lipinski definition) is 4. The Balaban J connectivity index is 2.77. The van der Waals surface area contributed by atoms with Crippen molar-refractivity contribution in [2.75, 3.05) is 20.3 Å².